The van der Waals surface area contributed by atoms with E-state index < -0.39 is 16.7 Å². The van der Waals surface area contributed by atoms with Gasteiger partial charge >= 0.3 is 0 Å². The Bertz CT molecular complexity index is 981. The van der Waals surface area contributed by atoms with Crippen LogP contribution in [0.4, 0.5) is 17.5 Å². The van der Waals surface area contributed by atoms with E-state index in [1.165, 1.54) is 4.90 Å². The van der Waals surface area contributed by atoms with Gasteiger partial charge in [0.1, 0.15) is 11.2 Å². The standard InChI is InChI=1S/C20H23N7O2/c1-4-20(12-21)8-10-27(17(20)29)15-7-9-23-18(26-15)25-13-5-6-14(24-11-13)19(2,3)16(22)28/h5-7,9,11H,4,8,10H2,1-3H3,(H2,22,28)(H,23,25,26)/t20-/m1/s1. The summed E-state index contributed by atoms with van der Waals surface area (Å²) < 4.78 is 0. The van der Waals surface area contributed by atoms with E-state index in [0.717, 1.165) is 0 Å². The second-order valence-corrected chi connectivity index (χ2v) is 7.54. The Balaban J connectivity index is 1.79. The summed E-state index contributed by atoms with van der Waals surface area (Å²) in [6, 6.07) is 7.27. The molecule has 1 fully saturated rings. The van der Waals surface area contributed by atoms with Crippen LogP contribution in [0.2, 0.25) is 0 Å². The number of carbonyl (C=O) groups excluding carboxylic acids is 2. The van der Waals surface area contributed by atoms with Crippen molar-refractivity contribution >= 4 is 29.3 Å². The molecule has 2 aromatic rings. The SMILES string of the molecule is CC[C@]1(C#N)CCN(c2ccnc(Nc3ccc(C(C)(C)C(N)=O)nc3)n2)C1=O. The van der Waals surface area contributed by atoms with Gasteiger partial charge < -0.3 is 11.1 Å². The number of nitrogens with zero attached hydrogens (tertiary/aromatic N) is 5. The maximum absolute atomic E-state index is 12.7. The van der Waals surface area contributed by atoms with Gasteiger partial charge in [-0.1, -0.05) is 6.92 Å². The molecule has 0 unspecified atom stereocenters. The molecule has 2 aromatic heterocycles. The van der Waals surface area contributed by atoms with Gasteiger partial charge in [0.15, 0.2) is 0 Å². The van der Waals surface area contributed by atoms with E-state index >= 15 is 0 Å². The molecule has 0 saturated carbocycles. The third kappa shape index (κ3) is 3.61. The Morgan fingerprint density at radius 2 is 2.14 bits per heavy atom. The van der Waals surface area contributed by atoms with Crippen molar-refractivity contribution in [3.8, 4) is 6.07 Å². The Hall–Kier alpha value is -3.54. The number of primary amides is 1. The van der Waals surface area contributed by atoms with Crippen LogP contribution in [0.25, 0.3) is 0 Å². The number of nitrogens with one attached hydrogen (secondary N) is 1. The zero-order valence-corrected chi connectivity index (χ0v) is 16.6. The van der Waals surface area contributed by atoms with Gasteiger partial charge in [0.2, 0.25) is 17.8 Å². The summed E-state index contributed by atoms with van der Waals surface area (Å²) in [5.74, 6) is 0.0480. The summed E-state index contributed by atoms with van der Waals surface area (Å²) in [7, 11) is 0. The average molecular weight is 393 g/mol. The Morgan fingerprint density at radius 1 is 1.38 bits per heavy atom. The van der Waals surface area contributed by atoms with E-state index in [2.05, 4.69) is 26.3 Å². The zero-order valence-electron chi connectivity index (χ0n) is 16.6. The molecule has 3 N–H and O–H groups in total. The molecule has 1 atom stereocenters. The highest BCUT2D eigenvalue weighted by atomic mass is 16.2. The number of nitrogens with two attached hydrogens (primary N) is 1. The maximum Gasteiger partial charge on any atom is 0.248 e. The first kappa shape index (κ1) is 20.2. The number of pyridine rings is 1. The lowest BCUT2D eigenvalue weighted by Crippen LogP contribution is -2.36. The molecule has 1 saturated heterocycles. The number of anilines is 3. The van der Waals surface area contributed by atoms with Crippen LogP contribution in [-0.4, -0.2) is 33.3 Å². The number of amides is 2. The van der Waals surface area contributed by atoms with Crippen molar-refractivity contribution in [1.82, 2.24) is 15.0 Å². The second kappa shape index (κ2) is 7.47. The zero-order chi connectivity index (χ0) is 21.2. The molecule has 150 valence electrons. The summed E-state index contributed by atoms with van der Waals surface area (Å²) in [5, 5.41) is 12.5. The van der Waals surface area contributed by atoms with Crippen molar-refractivity contribution in [2.24, 2.45) is 11.1 Å². The lowest BCUT2D eigenvalue weighted by Gasteiger charge is -2.20. The molecular weight excluding hydrogens is 370 g/mol. The first-order valence-electron chi connectivity index (χ1n) is 9.33. The summed E-state index contributed by atoms with van der Waals surface area (Å²) in [4.78, 5) is 38.7. The molecule has 0 spiro atoms. The van der Waals surface area contributed by atoms with Gasteiger partial charge in [0, 0.05) is 12.7 Å². The quantitative estimate of drug-likeness (QED) is 0.765. The van der Waals surface area contributed by atoms with Gasteiger partial charge in [-0.25, -0.2) is 4.98 Å². The van der Waals surface area contributed by atoms with Crippen LogP contribution in [0.15, 0.2) is 30.6 Å². The predicted octanol–water partition coefficient (Wildman–Crippen LogP) is 2.03. The molecule has 0 aromatic carbocycles. The van der Waals surface area contributed by atoms with Crippen molar-refractivity contribution in [2.75, 3.05) is 16.8 Å². The lowest BCUT2D eigenvalue weighted by molar-refractivity contribution is -0.123. The molecule has 29 heavy (non-hydrogen) atoms. The van der Waals surface area contributed by atoms with Crippen molar-refractivity contribution in [3.05, 3.63) is 36.3 Å². The minimum Gasteiger partial charge on any atom is -0.369 e. The number of aromatic nitrogens is 3. The molecule has 0 bridgehead atoms. The fourth-order valence-corrected chi connectivity index (χ4v) is 3.15. The largest absolute Gasteiger partial charge is 0.369 e. The van der Waals surface area contributed by atoms with E-state index in [-0.39, 0.29) is 5.91 Å². The first-order valence-corrected chi connectivity index (χ1v) is 9.33. The number of hydrogen-bond donors (Lipinski definition) is 2. The summed E-state index contributed by atoms with van der Waals surface area (Å²) in [6.45, 7) is 5.70. The van der Waals surface area contributed by atoms with Gasteiger partial charge in [0.05, 0.1) is 29.1 Å². The predicted molar refractivity (Wildman–Crippen MR) is 107 cm³/mol. The van der Waals surface area contributed by atoms with Crippen LogP contribution >= 0.6 is 0 Å². The van der Waals surface area contributed by atoms with E-state index in [9.17, 15) is 14.9 Å². The van der Waals surface area contributed by atoms with E-state index in [0.29, 0.717) is 42.5 Å². The Labute approximate surface area is 169 Å². The molecule has 9 nitrogen and oxygen atoms in total. The third-order valence-corrected chi connectivity index (χ3v) is 5.43. The average Bonchev–Trinajstić information content (AvgIpc) is 3.05. The van der Waals surface area contributed by atoms with Crippen LogP contribution < -0.4 is 16.0 Å². The van der Waals surface area contributed by atoms with E-state index in [1.54, 1.807) is 44.4 Å². The van der Waals surface area contributed by atoms with E-state index in [1.807, 2.05) is 6.92 Å². The third-order valence-electron chi connectivity index (χ3n) is 5.43. The highest BCUT2D eigenvalue weighted by Crippen LogP contribution is 2.36. The van der Waals surface area contributed by atoms with Crippen LogP contribution in [0.3, 0.4) is 0 Å². The topological polar surface area (TPSA) is 138 Å². The molecule has 9 heteroatoms. The molecule has 2 amide bonds. The summed E-state index contributed by atoms with van der Waals surface area (Å²) in [5.41, 5.74) is 4.75. The molecule has 0 radical (unpaired) electrons. The van der Waals surface area contributed by atoms with Crippen LogP contribution in [0, 0.1) is 16.7 Å². The second-order valence-electron chi connectivity index (χ2n) is 7.54. The Morgan fingerprint density at radius 3 is 2.69 bits per heavy atom. The molecule has 1 aliphatic rings. The highest BCUT2D eigenvalue weighted by Gasteiger charge is 2.46. The van der Waals surface area contributed by atoms with Gasteiger partial charge in [0.25, 0.3) is 0 Å². The molecular formula is C20H23N7O2. The monoisotopic (exact) mass is 393 g/mol. The van der Waals surface area contributed by atoms with Crippen LogP contribution in [0.1, 0.15) is 39.3 Å². The summed E-state index contributed by atoms with van der Waals surface area (Å²) >= 11 is 0. The van der Waals surface area contributed by atoms with Crippen molar-refractivity contribution < 1.29 is 9.59 Å². The van der Waals surface area contributed by atoms with Gasteiger partial charge in [-0.2, -0.15) is 10.2 Å². The van der Waals surface area contributed by atoms with Crippen molar-refractivity contribution in [2.45, 2.75) is 39.0 Å². The number of nitriles is 1. The number of hydrogen-bond acceptors (Lipinski definition) is 7. The van der Waals surface area contributed by atoms with Gasteiger partial charge in [-0.15, -0.1) is 0 Å². The molecule has 0 aliphatic carbocycles. The van der Waals surface area contributed by atoms with Crippen LogP contribution in [0.5, 0.6) is 0 Å². The summed E-state index contributed by atoms with van der Waals surface area (Å²) in [6.07, 6.45) is 4.06. The Kier molecular flexibility index (Phi) is 5.20. The minimum absolute atomic E-state index is 0.230. The van der Waals surface area contributed by atoms with Crippen molar-refractivity contribution in [3.63, 3.8) is 0 Å². The molecule has 3 heterocycles. The smallest absolute Gasteiger partial charge is 0.248 e. The fourth-order valence-electron chi connectivity index (χ4n) is 3.15. The number of carbonyl (C=O) groups is 2. The van der Waals surface area contributed by atoms with Crippen LogP contribution in [-0.2, 0) is 15.0 Å². The maximum atomic E-state index is 12.7. The van der Waals surface area contributed by atoms with Crippen molar-refractivity contribution in [1.29, 1.82) is 5.26 Å². The van der Waals surface area contributed by atoms with E-state index in [4.69, 9.17) is 5.73 Å². The van der Waals surface area contributed by atoms with Gasteiger partial charge in [-0.3, -0.25) is 19.5 Å². The molecule has 1 aliphatic heterocycles. The normalized spacial score (nSPS) is 19.1. The number of rotatable bonds is 6. The molecule has 3 rings (SSSR count). The minimum atomic E-state index is -0.981. The lowest BCUT2D eigenvalue weighted by atomic mass is 9.85. The van der Waals surface area contributed by atoms with Gasteiger partial charge in [-0.05, 0) is 44.9 Å². The highest BCUT2D eigenvalue weighted by molar-refractivity contribution is 6.01. The first-order chi connectivity index (χ1) is 13.7. The fraction of sp³-hybridized carbons (Fsp3) is 0.400.